The minimum absolute atomic E-state index is 0.512. The van der Waals surface area contributed by atoms with Gasteiger partial charge in [0.05, 0.1) is 5.69 Å². The van der Waals surface area contributed by atoms with Crippen molar-refractivity contribution in [2.75, 3.05) is 6.54 Å². The van der Waals surface area contributed by atoms with Crippen molar-refractivity contribution in [2.45, 2.75) is 38.6 Å². The smallest absolute Gasteiger partial charge is 0.0605 e. The van der Waals surface area contributed by atoms with Crippen molar-refractivity contribution in [2.24, 2.45) is 11.8 Å². The lowest BCUT2D eigenvalue weighted by Gasteiger charge is -2.25. The molecular formula is C14H20N2. The summed E-state index contributed by atoms with van der Waals surface area (Å²) in [6, 6.07) is 4.80. The molecule has 0 bridgehead atoms. The van der Waals surface area contributed by atoms with E-state index >= 15 is 0 Å². The molecule has 3 rings (SSSR count). The van der Waals surface area contributed by atoms with Gasteiger partial charge in [0.2, 0.25) is 0 Å². The molecule has 1 heterocycles. The summed E-state index contributed by atoms with van der Waals surface area (Å²) >= 11 is 0. The Morgan fingerprint density at radius 1 is 1.50 bits per heavy atom. The van der Waals surface area contributed by atoms with Crippen molar-refractivity contribution < 1.29 is 0 Å². The molecule has 1 N–H and O–H groups in total. The van der Waals surface area contributed by atoms with E-state index in [4.69, 9.17) is 0 Å². The summed E-state index contributed by atoms with van der Waals surface area (Å²) in [5.41, 5.74) is 2.76. The molecule has 2 nitrogen and oxygen atoms in total. The fourth-order valence-corrected chi connectivity index (χ4v) is 2.79. The van der Waals surface area contributed by atoms with Crippen LogP contribution in [0.2, 0.25) is 0 Å². The molecule has 2 heteroatoms. The van der Waals surface area contributed by atoms with E-state index in [2.05, 4.69) is 29.4 Å². The van der Waals surface area contributed by atoms with E-state index in [1.165, 1.54) is 43.5 Å². The third-order valence-electron chi connectivity index (χ3n) is 4.10. The highest BCUT2D eigenvalue weighted by Gasteiger charge is 2.33. The van der Waals surface area contributed by atoms with Crippen molar-refractivity contribution in [1.29, 1.82) is 0 Å². The Balaban J connectivity index is 1.67. The Morgan fingerprint density at radius 3 is 3.19 bits per heavy atom. The molecule has 0 radical (unpaired) electrons. The van der Waals surface area contributed by atoms with E-state index in [1.807, 2.05) is 6.20 Å². The number of nitrogens with one attached hydrogen (secondary N) is 1. The quantitative estimate of drug-likeness (QED) is 0.840. The Bertz CT molecular complexity index is 375. The van der Waals surface area contributed by atoms with Gasteiger partial charge in [-0.25, -0.2) is 0 Å². The summed E-state index contributed by atoms with van der Waals surface area (Å²) in [6.07, 6.45) is 7.11. The van der Waals surface area contributed by atoms with E-state index < -0.39 is 0 Å². The van der Waals surface area contributed by atoms with Gasteiger partial charge in [-0.1, -0.05) is 13.0 Å². The molecule has 0 aromatic carbocycles. The van der Waals surface area contributed by atoms with Gasteiger partial charge in [0, 0.05) is 12.2 Å². The highest BCUT2D eigenvalue weighted by Crippen LogP contribution is 2.38. The average Bonchev–Trinajstić information content (AvgIpc) is 3.03. The van der Waals surface area contributed by atoms with Gasteiger partial charge in [0.25, 0.3) is 0 Å². The Morgan fingerprint density at radius 2 is 2.38 bits per heavy atom. The maximum Gasteiger partial charge on any atom is 0.0605 e. The predicted octanol–water partition coefficient (Wildman–Crippen LogP) is 2.70. The van der Waals surface area contributed by atoms with Crippen molar-refractivity contribution >= 4 is 0 Å². The number of aryl methyl sites for hydroxylation is 1. The minimum Gasteiger partial charge on any atom is -0.308 e. The summed E-state index contributed by atoms with van der Waals surface area (Å²) in [5.74, 6) is 1.87. The highest BCUT2D eigenvalue weighted by atomic mass is 15.0. The van der Waals surface area contributed by atoms with Gasteiger partial charge in [0.1, 0.15) is 0 Å². The van der Waals surface area contributed by atoms with Crippen LogP contribution in [0.1, 0.15) is 43.5 Å². The third kappa shape index (κ3) is 1.99. The first kappa shape index (κ1) is 10.3. The number of rotatable bonds is 3. The standard InChI is InChI=1S/C14H20N2/c1-10-8-12(10)9-16-13-6-2-4-11-5-3-7-15-14(11)13/h3,5,7,10,12-13,16H,2,4,6,8-9H2,1H3. The van der Waals surface area contributed by atoms with Gasteiger partial charge >= 0.3 is 0 Å². The fourth-order valence-electron chi connectivity index (χ4n) is 2.79. The Hall–Kier alpha value is -0.890. The number of nitrogens with zero attached hydrogens (tertiary/aromatic N) is 1. The number of aromatic nitrogens is 1. The van der Waals surface area contributed by atoms with Crippen LogP contribution < -0.4 is 5.32 Å². The molecule has 0 spiro atoms. The van der Waals surface area contributed by atoms with Gasteiger partial charge in [0.15, 0.2) is 0 Å². The summed E-state index contributed by atoms with van der Waals surface area (Å²) < 4.78 is 0. The molecule has 2 aliphatic carbocycles. The van der Waals surface area contributed by atoms with Gasteiger partial charge < -0.3 is 5.32 Å². The lowest BCUT2D eigenvalue weighted by atomic mass is 9.92. The summed E-state index contributed by atoms with van der Waals surface area (Å²) in [6.45, 7) is 3.53. The zero-order valence-electron chi connectivity index (χ0n) is 9.95. The maximum absolute atomic E-state index is 4.56. The molecule has 16 heavy (non-hydrogen) atoms. The lowest BCUT2D eigenvalue weighted by Crippen LogP contribution is -2.28. The normalized spacial score (nSPS) is 32.2. The number of pyridine rings is 1. The average molecular weight is 216 g/mol. The molecule has 2 aliphatic rings. The summed E-state index contributed by atoms with van der Waals surface area (Å²) in [7, 11) is 0. The first-order valence-corrected chi connectivity index (χ1v) is 6.52. The van der Waals surface area contributed by atoms with E-state index in [-0.39, 0.29) is 0 Å². The van der Waals surface area contributed by atoms with Crippen molar-refractivity contribution in [3.05, 3.63) is 29.6 Å². The van der Waals surface area contributed by atoms with E-state index in [1.54, 1.807) is 0 Å². The molecular weight excluding hydrogens is 196 g/mol. The molecule has 1 aromatic rings. The van der Waals surface area contributed by atoms with Crippen LogP contribution in [0.15, 0.2) is 18.3 Å². The number of hydrogen-bond acceptors (Lipinski definition) is 2. The Kier molecular flexibility index (Phi) is 2.68. The van der Waals surface area contributed by atoms with Crippen LogP contribution in [0.25, 0.3) is 0 Å². The fraction of sp³-hybridized carbons (Fsp3) is 0.643. The van der Waals surface area contributed by atoms with Gasteiger partial charge in [-0.3, -0.25) is 4.98 Å². The van der Waals surface area contributed by atoms with Gasteiger partial charge in [-0.15, -0.1) is 0 Å². The molecule has 1 fully saturated rings. The second-order valence-corrected chi connectivity index (χ2v) is 5.37. The molecule has 1 saturated carbocycles. The third-order valence-corrected chi connectivity index (χ3v) is 4.10. The number of hydrogen-bond donors (Lipinski definition) is 1. The molecule has 0 saturated heterocycles. The molecule has 0 amide bonds. The van der Waals surface area contributed by atoms with Crippen molar-refractivity contribution in [3.8, 4) is 0 Å². The topological polar surface area (TPSA) is 24.9 Å². The highest BCUT2D eigenvalue weighted by molar-refractivity contribution is 5.25. The van der Waals surface area contributed by atoms with Crippen LogP contribution in [0.3, 0.4) is 0 Å². The maximum atomic E-state index is 4.56. The van der Waals surface area contributed by atoms with Crippen molar-refractivity contribution in [3.63, 3.8) is 0 Å². The summed E-state index contributed by atoms with van der Waals surface area (Å²) in [4.78, 5) is 4.56. The zero-order chi connectivity index (χ0) is 11.0. The first-order chi connectivity index (χ1) is 7.84. The molecule has 0 aliphatic heterocycles. The van der Waals surface area contributed by atoms with Gasteiger partial charge in [-0.05, 0) is 55.7 Å². The van der Waals surface area contributed by atoms with Crippen LogP contribution in [-0.4, -0.2) is 11.5 Å². The molecule has 3 atom stereocenters. The van der Waals surface area contributed by atoms with E-state index in [0.29, 0.717) is 6.04 Å². The van der Waals surface area contributed by atoms with Crippen LogP contribution in [-0.2, 0) is 6.42 Å². The van der Waals surface area contributed by atoms with Gasteiger partial charge in [-0.2, -0.15) is 0 Å². The van der Waals surface area contributed by atoms with Crippen LogP contribution in [0.4, 0.5) is 0 Å². The SMILES string of the molecule is CC1CC1CNC1CCCc2cccnc21. The van der Waals surface area contributed by atoms with E-state index in [0.717, 1.165) is 11.8 Å². The van der Waals surface area contributed by atoms with Crippen LogP contribution >= 0.6 is 0 Å². The summed E-state index contributed by atoms with van der Waals surface area (Å²) in [5, 5.41) is 3.71. The largest absolute Gasteiger partial charge is 0.308 e. The van der Waals surface area contributed by atoms with Crippen LogP contribution in [0.5, 0.6) is 0 Å². The predicted molar refractivity (Wildman–Crippen MR) is 65.2 cm³/mol. The number of fused-ring (bicyclic) bond motifs is 1. The first-order valence-electron chi connectivity index (χ1n) is 6.52. The molecule has 1 aromatic heterocycles. The second-order valence-electron chi connectivity index (χ2n) is 5.37. The Labute approximate surface area is 97.5 Å². The van der Waals surface area contributed by atoms with Crippen LogP contribution in [0, 0.1) is 11.8 Å². The lowest BCUT2D eigenvalue weighted by molar-refractivity contribution is 0.435. The monoisotopic (exact) mass is 216 g/mol. The minimum atomic E-state index is 0.512. The molecule has 86 valence electrons. The zero-order valence-corrected chi connectivity index (χ0v) is 9.95. The van der Waals surface area contributed by atoms with Crippen molar-refractivity contribution in [1.82, 2.24) is 10.3 Å². The molecule has 3 unspecified atom stereocenters. The second kappa shape index (κ2) is 4.17. The van der Waals surface area contributed by atoms with E-state index in [9.17, 15) is 0 Å².